The van der Waals surface area contributed by atoms with Gasteiger partial charge in [-0.1, -0.05) is 0 Å². The fourth-order valence-corrected chi connectivity index (χ4v) is 1.54. The van der Waals surface area contributed by atoms with Gasteiger partial charge in [0.15, 0.2) is 0 Å². The number of carbonyl (C=O) groups is 3. The van der Waals surface area contributed by atoms with E-state index in [2.05, 4.69) is 16.0 Å². The van der Waals surface area contributed by atoms with E-state index in [1.807, 2.05) is 13.8 Å². The van der Waals surface area contributed by atoms with Gasteiger partial charge in [-0.15, -0.1) is 0 Å². The molecular weight excluding hydrogens is 258 g/mol. The number of amides is 3. The molecule has 0 aliphatic heterocycles. The highest BCUT2D eigenvalue weighted by Gasteiger charge is 2.08. The first-order valence-electron chi connectivity index (χ1n) is 6.33. The molecule has 0 spiro atoms. The Labute approximate surface area is 117 Å². The van der Waals surface area contributed by atoms with Crippen molar-refractivity contribution in [3.05, 3.63) is 29.8 Å². The van der Waals surface area contributed by atoms with Gasteiger partial charge in [0, 0.05) is 24.2 Å². The van der Waals surface area contributed by atoms with Crippen LogP contribution in [0, 0.1) is 0 Å². The molecule has 6 nitrogen and oxygen atoms in total. The van der Waals surface area contributed by atoms with Crippen molar-refractivity contribution >= 4 is 23.4 Å². The molecule has 108 valence electrons. The molecule has 0 fully saturated rings. The van der Waals surface area contributed by atoms with Crippen molar-refractivity contribution in [3.63, 3.8) is 0 Å². The summed E-state index contributed by atoms with van der Waals surface area (Å²) in [4.78, 5) is 34.0. The third kappa shape index (κ3) is 5.51. The highest BCUT2D eigenvalue weighted by Crippen LogP contribution is 2.09. The number of benzene rings is 1. The molecule has 0 radical (unpaired) electrons. The van der Waals surface area contributed by atoms with Crippen molar-refractivity contribution in [2.45, 2.75) is 26.8 Å². The molecular formula is C14H19N3O3. The second kappa shape index (κ2) is 7.28. The fourth-order valence-electron chi connectivity index (χ4n) is 1.54. The number of hydrogen-bond acceptors (Lipinski definition) is 3. The lowest BCUT2D eigenvalue weighted by atomic mass is 10.2. The predicted octanol–water partition coefficient (Wildman–Crippen LogP) is 0.899. The minimum Gasteiger partial charge on any atom is -0.352 e. The maximum absolute atomic E-state index is 11.8. The van der Waals surface area contributed by atoms with E-state index in [-0.39, 0.29) is 30.3 Å². The Morgan fingerprint density at radius 1 is 1.10 bits per heavy atom. The normalized spacial score (nSPS) is 10.0. The Morgan fingerprint density at radius 2 is 1.70 bits per heavy atom. The van der Waals surface area contributed by atoms with E-state index in [1.165, 1.54) is 6.92 Å². The van der Waals surface area contributed by atoms with Gasteiger partial charge in [0.1, 0.15) is 0 Å². The van der Waals surface area contributed by atoms with Crippen molar-refractivity contribution in [2.24, 2.45) is 0 Å². The van der Waals surface area contributed by atoms with Crippen LogP contribution in [0.4, 0.5) is 5.69 Å². The molecule has 6 heteroatoms. The van der Waals surface area contributed by atoms with Crippen LogP contribution < -0.4 is 16.0 Å². The minimum atomic E-state index is -0.335. The van der Waals surface area contributed by atoms with E-state index in [4.69, 9.17) is 0 Å². The van der Waals surface area contributed by atoms with E-state index < -0.39 is 0 Å². The molecule has 0 aromatic heterocycles. The van der Waals surface area contributed by atoms with Crippen LogP contribution in [0.1, 0.15) is 31.1 Å². The van der Waals surface area contributed by atoms with Crippen LogP contribution in [0.15, 0.2) is 24.3 Å². The molecule has 0 heterocycles. The lowest BCUT2D eigenvalue weighted by Crippen LogP contribution is -2.39. The summed E-state index contributed by atoms with van der Waals surface area (Å²) in [7, 11) is 0. The number of nitrogens with one attached hydrogen (secondary N) is 3. The van der Waals surface area contributed by atoms with Crippen LogP contribution in [-0.2, 0) is 9.59 Å². The Bertz CT molecular complexity index is 495. The summed E-state index contributed by atoms with van der Waals surface area (Å²) in [6, 6.07) is 6.47. The SMILES string of the molecule is CC(=O)Nc1ccc(C(=O)NCC(=O)NC(C)C)cc1. The Hall–Kier alpha value is -2.37. The molecule has 1 rings (SSSR count). The van der Waals surface area contributed by atoms with Crippen LogP contribution in [0.5, 0.6) is 0 Å². The number of anilines is 1. The van der Waals surface area contributed by atoms with E-state index in [9.17, 15) is 14.4 Å². The van der Waals surface area contributed by atoms with Crippen LogP contribution in [-0.4, -0.2) is 30.3 Å². The van der Waals surface area contributed by atoms with Crippen molar-refractivity contribution in [2.75, 3.05) is 11.9 Å². The first-order valence-corrected chi connectivity index (χ1v) is 6.33. The van der Waals surface area contributed by atoms with E-state index in [0.29, 0.717) is 11.3 Å². The van der Waals surface area contributed by atoms with Gasteiger partial charge < -0.3 is 16.0 Å². The van der Waals surface area contributed by atoms with E-state index >= 15 is 0 Å². The van der Waals surface area contributed by atoms with Crippen molar-refractivity contribution < 1.29 is 14.4 Å². The summed E-state index contributed by atoms with van der Waals surface area (Å²) in [6.45, 7) is 5.04. The molecule has 20 heavy (non-hydrogen) atoms. The van der Waals surface area contributed by atoms with Gasteiger partial charge in [0.2, 0.25) is 11.8 Å². The maximum Gasteiger partial charge on any atom is 0.251 e. The number of rotatable bonds is 5. The molecule has 0 aliphatic carbocycles. The first-order chi connectivity index (χ1) is 9.38. The van der Waals surface area contributed by atoms with Crippen molar-refractivity contribution in [3.8, 4) is 0 Å². The Morgan fingerprint density at radius 3 is 2.20 bits per heavy atom. The van der Waals surface area contributed by atoms with Crippen LogP contribution in [0.2, 0.25) is 0 Å². The quantitative estimate of drug-likeness (QED) is 0.747. The molecule has 0 saturated heterocycles. The second-order valence-corrected chi connectivity index (χ2v) is 4.66. The molecule has 0 atom stereocenters. The third-order valence-electron chi connectivity index (χ3n) is 2.33. The number of hydrogen-bond donors (Lipinski definition) is 3. The zero-order valence-corrected chi connectivity index (χ0v) is 11.8. The monoisotopic (exact) mass is 277 g/mol. The molecule has 0 saturated carbocycles. The summed E-state index contributed by atoms with van der Waals surface area (Å²) >= 11 is 0. The number of carbonyl (C=O) groups excluding carboxylic acids is 3. The standard InChI is InChI=1S/C14H19N3O3/c1-9(2)16-13(19)8-15-14(20)11-4-6-12(7-5-11)17-10(3)18/h4-7,9H,8H2,1-3H3,(H,15,20)(H,16,19)(H,17,18). The minimum absolute atomic E-state index is 0.0383. The second-order valence-electron chi connectivity index (χ2n) is 4.66. The summed E-state index contributed by atoms with van der Waals surface area (Å²) in [5, 5.41) is 7.81. The van der Waals surface area contributed by atoms with Crippen molar-refractivity contribution in [1.82, 2.24) is 10.6 Å². The zero-order chi connectivity index (χ0) is 15.1. The highest BCUT2D eigenvalue weighted by molar-refractivity contribution is 5.97. The summed E-state index contributed by atoms with van der Waals surface area (Å²) in [5.74, 6) is -0.742. The molecule has 0 bridgehead atoms. The van der Waals surface area contributed by atoms with Gasteiger partial charge in [-0.3, -0.25) is 14.4 Å². The molecule has 3 amide bonds. The molecule has 3 N–H and O–H groups in total. The highest BCUT2D eigenvalue weighted by atomic mass is 16.2. The van der Waals surface area contributed by atoms with Gasteiger partial charge in [-0.2, -0.15) is 0 Å². The topological polar surface area (TPSA) is 87.3 Å². The van der Waals surface area contributed by atoms with Crippen molar-refractivity contribution in [1.29, 1.82) is 0 Å². The van der Waals surface area contributed by atoms with Crippen LogP contribution in [0.3, 0.4) is 0 Å². The van der Waals surface area contributed by atoms with Crippen LogP contribution >= 0.6 is 0 Å². The zero-order valence-electron chi connectivity index (χ0n) is 11.8. The van der Waals surface area contributed by atoms with E-state index in [1.54, 1.807) is 24.3 Å². The lowest BCUT2D eigenvalue weighted by Gasteiger charge is -2.09. The first kappa shape index (κ1) is 15.7. The predicted molar refractivity (Wildman–Crippen MR) is 76.4 cm³/mol. The maximum atomic E-state index is 11.8. The van der Waals surface area contributed by atoms with Gasteiger partial charge in [0.25, 0.3) is 5.91 Å². The largest absolute Gasteiger partial charge is 0.352 e. The summed E-state index contributed by atoms with van der Waals surface area (Å²) < 4.78 is 0. The lowest BCUT2D eigenvalue weighted by molar-refractivity contribution is -0.120. The van der Waals surface area contributed by atoms with Crippen LogP contribution in [0.25, 0.3) is 0 Å². The fraction of sp³-hybridized carbons (Fsp3) is 0.357. The smallest absolute Gasteiger partial charge is 0.251 e. The van der Waals surface area contributed by atoms with Gasteiger partial charge >= 0.3 is 0 Å². The summed E-state index contributed by atoms with van der Waals surface area (Å²) in [5.41, 5.74) is 1.04. The molecule has 0 aliphatic rings. The van der Waals surface area contributed by atoms with Gasteiger partial charge in [-0.05, 0) is 38.1 Å². The van der Waals surface area contributed by atoms with Gasteiger partial charge in [0.05, 0.1) is 6.54 Å². The average Bonchev–Trinajstić information content (AvgIpc) is 2.35. The van der Waals surface area contributed by atoms with Gasteiger partial charge in [-0.25, -0.2) is 0 Å². The Balaban J connectivity index is 2.51. The molecule has 1 aromatic carbocycles. The average molecular weight is 277 g/mol. The molecule has 0 unspecified atom stereocenters. The third-order valence-corrected chi connectivity index (χ3v) is 2.33. The summed E-state index contributed by atoms with van der Waals surface area (Å²) in [6.07, 6.45) is 0. The Kier molecular flexibility index (Phi) is 5.71. The van der Waals surface area contributed by atoms with E-state index in [0.717, 1.165) is 0 Å². The molecule has 1 aromatic rings.